The van der Waals surface area contributed by atoms with E-state index in [2.05, 4.69) is 425 Å². The summed E-state index contributed by atoms with van der Waals surface area (Å²) in [5, 5.41) is 20.0. The lowest BCUT2D eigenvalue weighted by molar-refractivity contribution is 0.590. The summed E-state index contributed by atoms with van der Waals surface area (Å²) in [6, 6.07) is 109. The van der Waals surface area contributed by atoms with Crippen molar-refractivity contribution in [2.75, 3.05) is 9.80 Å². The number of anilines is 6. The first-order chi connectivity index (χ1) is 55.9. The maximum absolute atomic E-state index is 4.58. The summed E-state index contributed by atoms with van der Waals surface area (Å²) in [5.74, 6) is 0.0631. The molecule has 18 aromatic rings. The topological polar surface area (TPSA) is 16.3 Å². The fourth-order valence-corrected chi connectivity index (χ4v) is 19.9. The Bertz CT molecular complexity index is 6800. The molecule has 4 heterocycles. The van der Waals surface area contributed by atoms with Crippen molar-refractivity contribution >= 4 is 177 Å². The predicted molar refractivity (Wildman–Crippen MR) is 504 cm³/mol. The highest BCUT2D eigenvalue weighted by molar-refractivity contribution is 7.00. The van der Waals surface area contributed by atoms with Crippen LogP contribution in [0.15, 0.2) is 316 Å². The molecule has 0 saturated heterocycles. The molecule has 1 atom stereocenters. The minimum atomic E-state index is -0.230. The Balaban J connectivity index is 0.896. The van der Waals surface area contributed by atoms with Gasteiger partial charge in [0.05, 0.1) is 22.1 Å². The number of allylic oxidation sites excluding steroid dienone is 7. The van der Waals surface area contributed by atoms with E-state index in [0.717, 1.165) is 63.1 Å². The van der Waals surface area contributed by atoms with Crippen molar-refractivity contribution in [3.8, 4) is 11.4 Å². The van der Waals surface area contributed by atoms with Crippen molar-refractivity contribution < 1.29 is 0 Å². The molecule has 1 aliphatic carbocycles. The highest BCUT2D eigenvalue weighted by Crippen LogP contribution is 2.51. The van der Waals surface area contributed by atoms with E-state index < -0.39 is 0 Å². The molecule has 0 radical (unpaired) electrons. The molecule has 0 N–H and O–H groups in total. The Hall–Kier alpha value is -12.7. The standard InChI is InChI=1S/C111H95BN4/c1-67-27-15-16-28-69(56-70-29-17-18-30-80(67)70)55-68(2)71-57-105-107-106(58-71)116(77-44-48-90-86-36-22-20-32-82(86)84-34-24-26-38-88(84)92(90)64-77)104-66-79(114-101-53-41-74(110(9,10)11)61-95(101)96-62-75(111(12,13)14)42-54-102(96)114)46-50-98(104)112(107)97-49-45-78(113-99-51-39-72(108(3,4)5)59-93(99)94-60-73(109(6,7)8)40-52-100(94)113)65-103(97)115(105)76-43-47-89-85-35-21-19-31-81(85)83-33-23-25-37-87(83)91(89)63-76/h15-55,57-66,69H,1,56H2,2-14H3/b27-15-,28-16-,68-55+. The molecule has 21 rings (SSSR count). The van der Waals surface area contributed by atoms with Gasteiger partial charge in [0.15, 0.2) is 0 Å². The number of aromatic nitrogens is 2. The van der Waals surface area contributed by atoms with E-state index in [9.17, 15) is 0 Å². The fourth-order valence-electron chi connectivity index (χ4n) is 19.9. The number of hydrogen-bond acceptors (Lipinski definition) is 2. The molecule has 562 valence electrons. The third-order valence-corrected chi connectivity index (χ3v) is 26.0. The Morgan fingerprint density at radius 1 is 0.336 bits per heavy atom. The van der Waals surface area contributed by atoms with E-state index in [1.165, 1.54) is 164 Å². The van der Waals surface area contributed by atoms with Crippen LogP contribution in [-0.2, 0) is 28.1 Å². The number of hydrogen-bond donors (Lipinski definition) is 0. The summed E-state index contributed by atoms with van der Waals surface area (Å²) in [5.41, 5.74) is 28.4. The molecular weight excluding hydrogens is 1400 g/mol. The normalized spacial score (nSPS) is 15.3. The first-order valence-corrected chi connectivity index (χ1v) is 41.6. The molecule has 2 aromatic heterocycles. The SMILES string of the molecule is C=C1/C=C\C=C/C(/C=C(\C)c2cc3c4c(c2)N(c2ccc5c6ccccc6c6ccccc6c5c2)c2cc(-n5c6ccc(C(C)(C)C)cc6c6cc(C(C)(C)C)ccc65)ccc2B4c2ccc(-n4c5ccc(C(C)(C)C)cc5c5cc(C(C)(C)C)ccc54)cc2N3c2ccc3c4ccccc4c4ccccc4c3c2)Cc2ccccc21. The van der Waals surface area contributed by atoms with Crippen LogP contribution in [0.25, 0.3) is 131 Å². The monoisotopic (exact) mass is 1490 g/mol. The zero-order valence-electron chi connectivity index (χ0n) is 68.8. The second-order valence-electron chi connectivity index (χ2n) is 37.4. The van der Waals surface area contributed by atoms with Gasteiger partial charge in [-0.05, 0) is 281 Å². The number of benzene rings is 16. The van der Waals surface area contributed by atoms with Crippen molar-refractivity contribution in [3.05, 3.63) is 355 Å². The minimum Gasteiger partial charge on any atom is -0.311 e. The molecule has 3 aliphatic rings. The molecule has 116 heavy (non-hydrogen) atoms. The lowest BCUT2D eigenvalue weighted by Crippen LogP contribution is -2.61. The van der Waals surface area contributed by atoms with E-state index >= 15 is 0 Å². The lowest BCUT2D eigenvalue weighted by atomic mass is 9.33. The third-order valence-electron chi connectivity index (χ3n) is 26.0. The molecule has 0 bridgehead atoms. The number of rotatable bonds is 6. The molecule has 0 saturated carbocycles. The van der Waals surface area contributed by atoms with Crippen LogP contribution in [0.5, 0.6) is 0 Å². The van der Waals surface area contributed by atoms with E-state index in [-0.39, 0.29) is 34.3 Å². The maximum atomic E-state index is 4.58. The van der Waals surface area contributed by atoms with Gasteiger partial charge in [0.1, 0.15) is 0 Å². The Morgan fingerprint density at radius 2 is 0.681 bits per heavy atom. The zero-order chi connectivity index (χ0) is 79.3. The van der Waals surface area contributed by atoms with Crippen LogP contribution in [0.3, 0.4) is 0 Å². The van der Waals surface area contributed by atoms with Crippen LogP contribution in [0.2, 0.25) is 0 Å². The predicted octanol–water partition coefficient (Wildman–Crippen LogP) is 28.5. The summed E-state index contributed by atoms with van der Waals surface area (Å²) < 4.78 is 5.13. The van der Waals surface area contributed by atoms with Crippen LogP contribution in [-0.4, -0.2) is 15.8 Å². The van der Waals surface area contributed by atoms with Gasteiger partial charge in [0.2, 0.25) is 0 Å². The zero-order valence-corrected chi connectivity index (χ0v) is 68.8. The molecule has 0 spiro atoms. The van der Waals surface area contributed by atoms with Crippen LogP contribution < -0.4 is 26.2 Å². The van der Waals surface area contributed by atoms with Gasteiger partial charge >= 0.3 is 0 Å². The molecule has 0 fully saturated rings. The molecular formula is C111H95BN4. The van der Waals surface area contributed by atoms with Crippen molar-refractivity contribution in [2.45, 2.75) is 118 Å². The Morgan fingerprint density at radius 3 is 1.06 bits per heavy atom. The second-order valence-corrected chi connectivity index (χ2v) is 37.4. The van der Waals surface area contributed by atoms with E-state index in [1.807, 2.05) is 0 Å². The maximum Gasteiger partial charge on any atom is 0.252 e. The van der Waals surface area contributed by atoms with E-state index in [1.54, 1.807) is 0 Å². The van der Waals surface area contributed by atoms with Gasteiger partial charge in [0.25, 0.3) is 6.71 Å². The first kappa shape index (κ1) is 71.1. The minimum absolute atomic E-state index is 0.0594. The van der Waals surface area contributed by atoms with Crippen molar-refractivity contribution in [1.29, 1.82) is 0 Å². The van der Waals surface area contributed by atoms with Gasteiger partial charge < -0.3 is 18.9 Å². The van der Waals surface area contributed by atoms with Crippen LogP contribution >= 0.6 is 0 Å². The Labute approximate surface area is 681 Å². The average Bonchev–Trinajstić information content (AvgIpc) is 0.788. The highest BCUT2D eigenvalue weighted by Gasteiger charge is 2.45. The van der Waals surface area contributed by atoms with Crippen LogP contribution in [0, 0.1) is 5.92 Å². The quantitative estimate of drug-likeness (QED) is 0.122. The van der Waals surface area contributed by atoms with E-state index in [0.29, 0.717) is 0 Å². The lowest BCUT2D eigenvalue weighted by Gasteiger charge is -2.45. The fraction of sp³-hybridized carbons (Fsp3) is 0.171. The summed E-state index contributed by atoms with van der Waals surface area (Å²) in [6.07, 6.45) is 12.3. The number of fused-ring (bicyclic) bond motifs is 23. The first-order valence-electron chi connectivity index (χ1n) is 41.6. The van der Waals surface area contributed by atoms with Crippen molar-refractivity contribution in [1.82, 2.24) is 9.13 Å². The van der Waals surface area contributed by atoms with Gasteiger partial charge in [0, 0.05) is 67.0 Å². The summed E-state index contributed by atoms with van der Waals surface area (Å²) in [7, 11) is 0. The largest absolute Gasteiger partial charge is 0.311 e. The second kappa shape index (κ2) is 25.9. The molecule has 1 unspecified atom stereocenters. The molecule has 2 aliphatic heterocycles. The Kier molecular flexibility index (Phi) is 15.9. The van der Waals surface area contributed by atoms with Gasteiger partial charge in [-0.25, -0.2) is 0 Å². The average molecular weight is 1500 g/mol. The van der Waals surface area contributed by atoms with Crippen molar-refractivity contribution in [2.24, 2.45) is 5.92 Å². The molecule has 4 nitrogen and oxygen atoms in total. The van der Waals surface area contributed by atoms with Crippen LogP contribution in [0.4, 0.5) is 34.1 Å². The van der Waals surface area contributed by atoms with Crippen molar-refractivity contribution in [3.63, 3.8) is 0 Å². The molecule has 5 heteroatoms. The summed E-state index contributed by atoms with van der Waals surface area (Å²) in [4.78, 5) is 5.36. The number of nitrogens with zero attached hydrogens (tertiary/aromatic N) is 4. The summed E-state index contributed by atoms with van der Waals surface area (Å²) in [6.45, 7) is 34.8. The molecule has 16 aromatic carbocycles. The summed E-state index contributed by atoms with van der Waals surface area (Å²) >= 11 is 0. The van der Waals surface area contributed by atoms with Gasteiger partial charge in [-0.3, -0.25) is 0 Å². The van der Waals surface area contributed by atoms with E-state index in [4.69, 9.17) is 0 Å². The molecule has 0 amide bonds. The third kappa shape index (κ3) is 11.2. The van der Waals surface area contributed by atoms with Gasteiger partial charge in [-0.2, -0.15) is 0 Å². The smallest absolute Gasteiger partial charge is 0.252 e. The van der Waals surface area contributed by atoms with Crippen LogP contribution in [0.1, 0.15) is 129 Å². The van der Waals surface area contributed by atoms with Gasteiger partial charge in [-0.1, -0.05) is 290 Å². The highest BCUT2D eigenvalue weighted by atomic mass is 15.2. The van der Waals surface area contributed by atoms with Gasteiger partial charge in [-0.15, -0.1) is 0 Å².